The molecular weight excluding hydrogens is 533 g/mol. The molecule has 3 heterocycles. The molecule has 174 valence electrons. The van der Waals surface area contributed by atoms with Gasteiger partial charge < -0.3 is 20.4 Å². The van der Waals surface area contributed by atoms with E-state index in [1.54, 1.807) is 17.1 Å². The van der Waals surface area contributed by atoms with Gasteiger partial charge in [0.05, 0.1) is 18.1 Å². The summed E-state index contributed by atoms with van der Waals surface area (Å²) < 4.78 is 7.34. The molecule has 3 aromatic heterocycles. The summed E-state index contributed by atoms with van der Waals surface area (Å²) in [5.74, 6) is 2.07. The molecule has 0 bridgehead atoms. The van der Waals surface area contributed by atoms with E-state index in [-0.39, 0.29) is 24.0 Å². The molecule has 0 aliphatic heterocycles. The Kier molecular flexibility index (Phi) is 8.58. The fourth-order valence-electron chi connectivity index (χ4n) is 3.17. The van der Waals surface area contributed by atoms with E-state index in [1.807, 2.05) is 38.2 Å². The number of halogens is 1. The van der Waals surface area contributed by atoms with Crippen molar-refractivity contribution in [2.45, 2.75) is 20.4 Å². The van der Waals surface area contributed by atoms with Crippen molar-refractivity contribution < 1.29 is 4.42 Å². The number of aryl methyl sites for hydroxylation is 2. The maximum atomic E-state index is 5.62. The van der Waals surface area contributed by atoms with Crippen molar-refractivity contribution in [2.75, 3.05) is 25.0 Å². The van der Waals surface area contributed by atoms with Crippen molar-refractivity contribution in [1.82, 2.24) is 35.4 Å². The van der Waals surface area contributed by atoms with Crippen LogP contribution in [0.5, 0.6) is 0 Å². The van der Waals surface area contributed by atoms with E-state index in [0.717, 1.165) is 34.7 Å². The molecule has 10 nitrogen and oxygen atoms in total. The van der Waals surface area contributed by atoms with Crippen molar-refractivity contribution in [3.8, 4) is 11.5 Å². The van der Waals surface area contributed by atoms with Crippen LogP contribution in [-0.4, -0.2) is 50.3 Å². The number of hydrogen-bond donors (Lipinski definition) is 3. The first-order chi connectivity index (χ1) is 15.6. The predicted octanol–water partition coefficient (Wildman–Crippen LogP) is 3.11. The Bertz CT molecular complexity index is 1200. The number of aliphatic imine (C=N–C) groups is 1. The zero-order valence-electron chi connectivity index (χ0n) is 18.9. The van der Waals surface area contributed by atoms with Gasteiger partial charge in [0.25, 0.3) is 0 Å². The number of benzene rings is 1. The first-order valence-electron chi connectivity index (χ1n) is 10.5. The van der Waals surface area contributed by atoms with E-state index >= 15 is 0 Å². The molecule has 33 heavy (non-hydrogen) atoms. The zero-order valence-corrected chi connectivity index (χ0v) is 21.2. The Morgan fingerprint density at radius 1 is 1.12 bits per heavy atom. The lowest BCUT2D eigenvalue weighted by molar-refractivity contribution is 0.572. The van der Waals surface area contributed by atoms with Gasteiger partial charge in [0, 0.05) is 32.2 Å². The standard InChI is InChI=1S/C22H27N9O.HI/c1-4-23-22(25-10-9-24-19-18-12-29-31(3)20(18)28-14-27-19)26-11-17-13-32-21(30-17)16-7-5-15(2)6-8-16;/h5-8,12-14H,4,9-11H2,1-3H3,(H2,23,25,26)(H,24,27,28);1H. The van der Waals surface area contributed by atoms with Gasteiger partial charge in [0.15, 0.2) is 11.6 Å². The van der Waals surface area contributed by atoms with Crippen LogP contribution in [0.4, 0.5) is 5.82 Å². The van der Waals surface area contributed by atoms with Crippen LogP contribution >= 0.6 is 24.0 Å². The Morgan fingerprint density at radius 2 is 1.94 bits per heavy atom. The highest BCUT2D eigenvalue weighted by Gasteiger charge is 2.08. The van der Waals surface area contributed by atoms with E-state index in [4.69, 9.17) is 4.42 Å². The Morgan fingerprint density at radius 3 is 2.73 bits per heavy atom. The average molecular weight is 561 g/mol. The monoisotopic (exact) mass is 561 g/mol. The number of nitrogens with zero attached hydrogens (tertiary/aromatic N) is 6. The molecular formula is C22H28IN9O. The summed E-state index contributed by atoms with van der Waals surface area (Å²) >= 11 is 0. The lowest BCUT2D eigenvalue weighted by Crippen LogP contribution is -2.39. The molecule has 0 radical (unpaired) electrons. The van der Waals surface area contributed by atoms with Gasteiger partial charge >= 0.3 is 0 Å². The summed E-state index contributed by atoms with van der Waals surface area (Å²) in [6.45, 7) is 6.57. The largest absolute Gasteiger partial charge is 0.444 e. The smallest absolute Gasteiger partial charge is 0.226 e. The summed E-state index contributed by atoms with van der Waals surface area (Å²) in [4.78, 5) is 17.7. The van der Waals surface area contributed by atoms with Crippen molar-refractivity contribution in [1.29, 1.82) is 0 Å². The number of fused-ring (bicyclic) bond motifs is 1. The van der Waals surface area contributed by atoms with Crippen LogP contribution in [0.1, 0.15) is 18.2 Å². The number of guanidine groups is 1. The Balaban J connectivity index is 0.00000306. The molecule has 0 aliphatic rings. The van der Waals surface area contributed by atoms with Gasteiger partial charge in [-0.1, -0.05) is 17.7 Å². The summed E-state index contributed by atoms with van der Waals surface area (Å²) in [7, 11) is 1.86. The number of rotatable bonds is 8. The highest BCUT2D eigenvalue weighted by molar-refractivity contribution is 14.0. The van der Waals surface area contributed by atoms with E-state index in [9.17, 15) is 0 Å². The van der Waals surface area contributed by atoms with Gasteiger partial charge in [-0.2, -0.15) is 5.10 Å². The molecule has 0 atom stereocenters. The maximum absolute atomic E-state index is 5.62. The summed E-state index contributed by atoms with van der Waals surface area (Å²) in [5.41, 5.74) is 3.72. The molecule has 0 amide bonds. The predicted molar refractivity (Wildman–Crippen MR) is 140 cm³/mol. The number of oxazole rings is 1. The minimum absolute atomic E-state index is 0. The molecule has 0 saturated heterocycles. The third kappa shape index (κ3) is 6.18. The van der Waals surface area contributed by atoms with Crippen LogP contribution in [0, 0.1) is 6.92 Å². The third-order valence-corrected chi connectivity index (χ3v) is 4.83. The van der Waals surface area contributed by atoms with Gasteiger partial charge in [-0.05, 0) is 26.0 Å². The molecule has 1 aromatic carbocycles. The molecule has 4 rings (SSSR count). The normalized spacial score (nSPS) is 11.3. The van der Waals surface area contributed by atoms with Gasteiger partial charge in [-0.25, -0.2) is 19.9 Å². The molecule has 0 fully saturated rings. The second kappa shape index (κ2) is 11.6. The van der Waals surface area contributed by atoms with E-state index in [0.29, 0.717) is 31.5 Å². The first kappa shape index (κ1) is 24.4. The molecule has 11 heteroatoms. The van der Waals surface area contributed by atoms with Crippen LogP contribution in [0.15, 0.2) is 52.5 Å². The summed E-state index contributed by atoms with van der Waals surface area (Å²) in [6.07, 6.45) is 4.95. The Labute approximate surface area is 209 Å². The molecule has 0 saturated carbocycles. The highest BCUT2D eigenvalue weighted by atomic mass is 127. The lowest BCUT2D eigenvalue weighted by Gasteiger charge is -2.12. The Hall–Kier alpha value is -3.22. The number of nitrogens with one attached hydrogen (secondary N) is 3. The van der Waals surface area contributed by atoms with Crippen molar-refractivity contribution in [3.63, 3.8) is 0 Å². The maximum Gasteiger partial charge on any atom is 0.226 e. The van der Waals surface area contributed by atoms with Gasteiger partial charge in [-0.3, -0.25) is 4.68 Å². The topological polar surface area (TPSA) is 118 Å². The minimum atomic E-state index is 0. The lowest BCUT2D eigenvalue weighted by atomic mass is 10.1. The van der Waals surface area contributed by atoms with Crippen molar-refractivity contribution in [2.24, 2.45) is 12.0 Å². The van der Waals surface area contributed by atoms with Crippen molar-refractivity contribution >= 4 is 46.8 Å². The second-order valence-electron chi connectivity index (χ2n) is 7.29. The third-order valence-electron chi connectivity index (χ3n) is 4.83. The van der Waals surface area contributed by atoms with Crippen LogP contribution in [0.25, 0.3) is 22.5 Å². The van der Waals surface area contributed by atoms with Crippen LogP contribution in [0.3, 0.4) is 0 Å². The molecule has 0 unspecified atom stereocenters. The highest BCUT2D eigenvalue weighted by Crippen LogP contribution is 2.19. The van der Waals surface area contributed by atoms with Crippen molar-refractivity contribution in [3.05, 3.63) is 54.3 Å². The van der Waals surface area contributed by atoms with Crippen LogP contribution in [0.2, 0.25) is 0 Å². The summed E-state index contributed by atoms with van der Waals surface area (Å²) in [6, 6.07) is 8.09. The fraction of sp³-hybridized carbons (Fsp3) is 0.318. The van der Waals surface area contributed by atoms with Crippen LogP contribution in [-0.2, 0) is 13.6 Å². The van der Waals surface area contributed by atoms with E-state index < -0.39 is 0 Å². The quantitative estimate of drug-likeness (QED) is 0.130. The molecule has 0 aliphatic carbocycles. The van der Waals surface area contributed by atoms with Gasteiger partial charge in [0.1, 0.15) is 24.1 Å². The zero-order chi connectivity index (χ0) is 22.3. The minimum Gasteiger partial charge on any atom is -0.444 e. The summed E-state index contributed by atoms with van der Waals surface area (Å²) in [5, 5.41) is 15.0. The number of anilines is 1. The van der Waals surface area contributed by atoms with E-state index in [1.165, 1.54) is 11.9 Å². The molecule has 0 spiro atoms. The fourth-order valence-corrected chi connectivity index (χ4v) is 3.17. The first-order valence-corrected chi connectivity index (χ1v) is 10.5. The average Bonchev–Trinajstić information content (AvgIpc) is 3.43. The van der Waals surface area contributed by atoms with Gasteiger partial charge in [0.2, 0.25) is 5.89 Å². The number of aromatic nitrogens is 5. The van der Waals surface area contributed by atoms with E-state index in [2.05, 4.69) is 47.9 Å². The SMILES string of the molecule is CCNC(=NCc1coc(-c2ccc(C)cc2)n1)NCCNc1ncnc2c1cnn2C.I. The second-order valence-corrected chi connectivity index (χ2v) is 7.29. The van der Waals surface area contributed by atoms with Gasteiger partial charge in [-0.15, -0.1) is 24.0 Å². The van der Waals surface area contributed by atoms with Crippen LogP contribution < -0.4 is 16.0 Å². The number of hydrogen-bond acceptors (Lipinski definition) is 7. The molecule has 4 aromatic rings. The molecule has 3 N–H and O–H groups in total.